The molecule has 0 unspecified atom stereocenters. The summed E-state index contributed by atoms with van der Waals surface area (Å²) in [6.07, 6.45) is -1.86. The Hall–Kier alpha value is -7.18. The number of rotatable bonds is 20. The average Bonchev–Trinajstić information content (AvgIpc) is 3.17. The van der Waals surface area contributed by atoms with Gasteiger partial charge in [-0.25, -0.2) is 0 Å². The second kappa shape index (κ2) is 19.4. The van der Waals surface area contributed by atoms with E-state index in [9.17, 15) is 53.1 Å². The third-order valence-electron chi connectivity index (χ3n) is 8.84. The molecule has 19 nitrogen and oxygen atoms in total. The van der Waals surface area contributed by atoms with Crippen LogP contribution < -0.4 is 26.6 Å². The van der Waals surface area contributed by atoms with Crippen molar-refractivity contribution in [3.05, 3.63) is 83.4 Å². The summed E-state index contributed by atoms with van der Waals surface area (Å²) in [5.74, 6) is -10.8. The maximum Gasteiger partial charge on any atom is 0.325 e. The highest BCUT2D eigenvalue weighted by molar-refractivity contribution is 6.26. The van der Waals surface area contributed by atoms with E-state index in [0.717, 1.165) is 17.4 Å². The Kier molecular flexibility index (Phi) is 14.5. The van der Waals surface area contributed by atoms with E-state index >= 15 is 0 Å². The van der Waals surface area contributed by atoms with Crippen LogP contribution in [-0.4, -0.2) is 117 Å². The number of aryl methyl sites for hydroxylation is 1. The molecular formula is C38H40N6O13. The van der Waals surface area contributed by atoms with Gasteiger partial charge in [-0.1, -0.05) is 54.6 Å². The number of benzene rings is 3. The monoisotopic (exact) mass is 788 g/mol. The van der Waals surface area contributed by atoms with E-state index in [2.05, 4.69) is 26.6 Å². The van der Waals surface area contributed by atoms with Crippen molar-refractivity contribution in [2.45, 2.75) is 63.2 Å². The molecule has 0 saturated heterocycles. The molecule has 8 N–H and O–H groups in total. The molecule has 0 radical (unpaired) electrons. The molecule has 0 fully saturated rings. The summed E-state index contributed by atoms with van der Waals surface area (Å²) in [6, 6.07) is 12.4. The molecule has 0 aliphatic carbocycles. The minimum Gasteiger partial charge on any atom is -0.481 e. The van der Waals surface area contributed by atoms with Crippen LogP contribution in [0.15, 0.2) is 66.7 Å². The van der Waals surface area contributed by atoms with Gasteiger partial charge in [0, 0.05) is 22.9 Å². The maximum absolute atomic E-state index is 13.7. The van der Waals surface area contributed by atoms with Gasteiger partial charge in [0.05, 0.1) is 13.0 Å². The van der Waals surface area contributed by atoms with Crippen LogP contribution in [0.2, 0.25) is 0 Å². The van der Waals surface area contributed by atoms with Crippen molar-refractivity contribution in [1.82, 2.24) is 31.5 Å². The molecule has 7 amide bonds. The highest BCUT2D eigenvalue weighted by Crippen LogP contribution is 2.29. The van der Waals surface area contributed by atoms with Crippen molar-refractivity contribution in [3.8, 4) is 0 Å². The van der Waals surface area contributed by atoms with Crippen molar-refractivity contribution < 1.29 is 63.3 Å². The van der Waals surface area contributed by atoms with Gasteiger partial charge in [-0.3, -0.25) is 52.8 Å². The molecule has 4 atom stereocenters. The molecule has 1 aliphatic rings. The molecule has 0 saturated carbocycles. The fourth-order valence-electron chi connectivity index (χ4n) is 5.94. The number of hydrogen-bond acceptors (Lipinski definition) is 10. The number of carboxylic acids is 3. The quantitative estimate of drug-likeness (QED) is 0.0676. The highest BCUT2D eigenvalue weighted by Gasteiger charge is 2.35. The number of aliphatic carboxylic acids is 3. The number of carboxylic acid groups (broad SMARTS) is 3. The van der Waals surface area contributed by atoms with Gasteiger partial charge >= 0.3 is 17.9 Å². The van der Waals surface area contributed by atoms with E-state index < -0.39 is 116 Å². The van der Waals surface area contributed by atoms with Gasteiger partial charge in [0.15, 0.2) is 0 Å². The second-order valence-corrected chi connectivity index (χ2v) is 13.0. The minimum absolute atomic E-state index is 0.0737. The van der Waals surface area contributed by atoms with Crippen molar-refractivity contribution in [2.24, 2.45) is 0 Å². The first-order valence-electron chi connectivity index (χ1n) is 17.6. The summed E-state index contributed by atoms with van der Waals surface area (Å²) in [5, 5.41) is 39.9. The largest absolute Gasteiger partial charge is 0.481 e. The Morgan fingerprint density at radius 3 is 1.79 bits per heavy atom. The van der Waals surface area contributed by atoms with Crippen LogP contribution in [0.1, 0.15) is 58.9 Å². The van der Waals surface area contributed by atoms with E-state index in [-0.39, 0.29) is 24.0 Å². The van der Waals surface area contributed by atoms with E-state index in [1.807, 2.05) is 0 Å². The lowest BCUT2D eigenvalue weighted by Gasteiger charge is -2.28. The van der Waals surface area contributed by atoms with Crippen LogP contribution in [0, 0.1) is 0 Å². The van der Waals surface area contributed by atoms with Crippen LogP contribution >= 0.6 is 0 Å². The number of carbonyl (C=O) groups is 10. The zero-order valence-electron chi connectivity index (χ0n) is 30.5. The fourth-order valence-corrected chi connectivity index (χ4v) is 5.94. The van der Waals surface area contributed by atoms with Crippen LogP contribution in [0.5, 0.6) is 0 Å². The summed E-state index contributed by atoms with van der Waals surface area (Å²) in [6.45, 7) is -0.507. The van der Waals surface area contributed by atoms with E-state index in [1.165, 1.54) is 12.1 Å². The number of imide groups is 1. The number of carbonyl (C=O) groups excluding carboxylic acids is 7. The normalized spacial score (nSPS) is 14.0. The van der Waals surface area contributed by atoms with Gasteiger partial charge in [0.2, 0.25) is 29.5 Å². The smallest absolute Gasteiger partial charge is 0.325 e. The molecule has 1 heterocycles. The minimum atomic E-state index is -1.80. The van der Waals surface area contributed by atoms with Crippen LogP contribution in [-0.2, 0) is 44.8 Å². The molecule has 0 bridgehead atoms. The molecule has 1 aliphatic heterocycles. The van der Waals surface area contributed by atoms with Gasteiger partial charge in [-0.15, -0.1) is 0 Å². The third kappa shape index (κ3) is 11.7. The fraction of sp³-hybridized carbons (Fsp3) is 0.316. The molecular weight excluding hydrogens is 748 g/mol. The van der Waals surface area contributed by atoms with Gasteiger partial charge in [-0.2, -0.15) is 0 Å². The van der Waals surface area contributed by atoms with E-state index in [4.69, 9.17) is 10.2 Å². The number of nitrogens with zero attached hydrogens (tertiary/aromatic N) is 1. The molecule has 57 heavy (non-hydrogen) atoms. The first-order chi connectivity index (χ1) is 27.0. The van der Waals surface area contributed by atoms with Gasteiger partial charge in [-0.05, 0) is 49.3 Å². The Morgan fingerprint density at radius 2 is 1.21 bits per heavy atom. The lowest BCUT2D eigenvalue weighted by molar-refractivity contribution is -0.142. The summed E-state index contributed by atoms with van der Waals surface area (Å²) in [4.78, 5) is 127. The Labute approximate surface area is 324 Å². The lowest BCUT2D eigenvalue weighted by atomic mass is 9.94. The molecule has 0 aromatic heterocycles. The topological polar surface area (TPSA) is 295 Å². The Balaban J connectivity index is 1.45. The Bertz CT molecular complexity index is 2040. The highest BCUT2D eigenvalue weighted by atomic mass is 16.4. The number of hydrogen-bond donors (Lipinski definition) is 8. The standard InChI is InChI=1S/C38H40N6O13/c1-20(38(56)57)40-34(52)26(15-16-30(47)48)41-28(45)18-39-33(51)27(17-31(49)50)43-35(53)25(14-13-21-7-3-2-4-8-21)42-29(46)19-44-36(54)23-11-5-9-22-10-6-12-24(32(22)23)37(44)55/h2-12,20,25-27H,13-19H2,1H3,(H,39,51)(H,40,52)(H,41,45)(H,42,46)(H,43,53)(H,47,48)(H,49,50)(H,56,57)/t20-,25-,26-,27-/m0/s1. The molecule has 3 aromatic carbocycles. The second-order valence-electron chi connectivity index (χ2n) is 13.0. The van der Waals surface area contributed by atoms with Crippen LogP contribution in [0.4, 0.5) is 0 Å². The first-order valence-corrected chi connectivity index (χ1v) is 17.6. The summed E-state index contributed by atoms with van der Waals surface area (Å²) in [5.41, 5.74) is 1.17. The van der Waals surface area contributed by atoms with Crippen LogP contribution in [0.3, 0.4) is 0 Å². The maximum atomic E-state index is 13.7. The summed E-state index contributed by atoms with van der Waals surface area (Å²) < 4.78 is 0. The number of nitrogens with one attached hydrogen (secondary N) is 5. The molecule has 19 heteroatoms. The van der Waals surface area contributed by atoms with Gasteiger partial charge in [0.25, 0.3) is 11.8 Å². The van der Waals surface area contributed by atoms with Crippen LogP contribution in [0.25, 0.3) is 10.8 Å². The van der Waals surface area contributed by atoms with Gasteiger partial charge < -0.3 is 41.9 Å². The summed E-state index contributed by atoms with van der Waals surface area (Å²) in [7, 11) is 0. The Morgan fingerprint density at radius 1 is 0.632 bits per heavy atom. The molecule has 4 rings (SSSR count). The van der Waals surface area contributed by atoms with Crippen molar-refractivity contribution in [3.63, 3.8) is 0 Å². The molecule has 0 spiro atoms. The predicted octanol–water partition coefficient (Wildman–Crippen LogP) is -0.432. The lowest BCUT2D eigenvalue weighted by Crippen LogP contribution is -2.57. The number of amides is 7. The van der Waals surface area contributed by atoms with Crippen molar-refractivity contribution in [2.75, 3.05) is 13.1 Å². The van der Waals surface area contributed by atoms with Crippen molar-refractivity contribution >= 4 is 70.0 Å². The van der Waals surface area contributed by atoms with E-state index in [1.54, 1.807) is 54.6 Å². The molecule has 3 aromatic rings. The van der Waals surface area contributed by atoms with Crippen molar-refractivity contribution in [1.29, 1.82) is 0 Å². The first kappa shape index (κ1) is 42.6. The molecule has 300 valence electrons. The third-order valence-corrected chi connectivity index (χ3v) is 8.84. The predicted molar refractivity (Wildman–Crippen MR) is 197 cm³/mol. The van der Waals surface area contributed by atoms with Gasteiger partial charge in [0.1, 0.15) is 30.7 Å². The SMILES string of the molecule is C[C@H](NC(=O)[C@H](CCC(=O)O)NC(=O)CNC(=O)[C@H](CC(=O)O)NC(=O)[C@H](CCc1ccccc1)NC(=O)CN1C(=O)c2cccc3cccc(c23)C1=O)C(=O)O. The zero-order valence-corrected chi connectivity index (χ0v) is 30.5. The zero-order chi connectivity index (χ0) is 41.8. The van der Waals surface area contributed by atoms with E-state index in [0.29, 0.717) is 10.8 Å². The summed E-state index contributed by atoms with van der Waals surface area (Å²) >= 11 is 0. The average molecular weight is 789 g/mol.